The van der Waals surface area contributed by atoms with E-state index >= 15 is 0 Å². The van der Waals surface area contributed by atoms with E-state index in [9.17, 15) is 5.11 Å². The lowest BCUT2D eigenvalue weighted by atomic mass is 10.1. The smallest absolute Gasteiger partial charge is 0.0586 e. The van der Waals surface area contributed by atoms with Gasteiger partial charge in [0.05, 0.1) is 6.61 Å². The molecule has 0 aliphatic carbocycles. The molecule has 1 atom stereocenters. The van der Waals surface area contributed by atoms with Gasteiger partial charge >= 0.3 is 0 Å². The van der Waals surface area contributed by atoms with Crippen molar-refractivity contribution >= 4 is 11.3 Å². The van der Waals surface area contributed by atoms with Gasteiger partial charge in [-0.25, -0.2) is 0 Å². The standard InChI is InChI=1S/C17H23NOS/c1-2-16(14-19)18(13-17-9-6-12-20-17)11-10-15-7-4-3-5-8-15/h3-9,12,16,19H,2,10-11,13-14H2,1H3. The molecule has 1 N–H and O–H groups in total. The molecule has 0 saturated heterocycles. The van der Waals surface area contributed by atoms with Gasteiger partial charge in [-0.15, -0.1) is 11.3 Å². The number of benzene rings is 1. The van der Waals surface area contributed by atoms with Gasteiger partial charge in [0.15, 0.2) is 0 Å². The summed E-state index contributed by atoms with van der Waals surface area (Å²) in [5.41, 5.74) is 1.36. The lowest BCUT2D eigenvalue weighted by molar-refractivity contribution is 0.115. The molecule has 0 radical (unpaired) electrons. The van der Waals surface area contributed by atoms with Crippen molar-refractivity contribution in [1.82, 2.24) is 4.90 Å². The molecule has 20 heavy (non-hydrogen) atoms. The van der Waals surface area contributed by atoms with Gasteiger partial charge in [-0.1, -0.05) is 43.3 Å². The highest BCUT2D eigenvalue weighted by molar-refractivity contribution is 7.09. The van der Waals surface area contributed by atoms with Crippen LogP contribution in [0.25, 0.3) is 0 Å². The van der Waals surface area contributed by atoms with Gasteiger partial charge in [0, 0.05) is 24.0 Å². The fourth-order valence-electron chi connectivity index (χ4n) is 2.41. The number of aliphatic hydroxyl groups is 1. The Hall–Kier alpha value is -1.16. The summed E-state index contributed by atoms with van der Waals surface area (Å²) in [5, 5.41) is 11.7. The van der Waals surface area contributed by atoms with Crippen molar-refractivity contribution in [2.75, 3.05) is 13.2 Å². The Labute approximate surface area is 125 Å². The van der Waals surface area contributed by atoms with Crippen LogP contribution in [-0.4, -0.2) is 29.2 Å². The Bertz CT molecular complexity index is 465. The van der Waals surface area contributed by atoms with Gasteiger partial charge in [0.2, 0.25) is 0 Å². The Morgan fingerprint density at radius 2 is 1.95 bits per heavy atom. The maximum absolute atomic E-state index is 9.58. The van der Waals surface area contributed by atoms with E-state index in [2.05, 4.69) is 59.7 Å². The lowest BCUT2D eigenvalue weighted by Gasteiger charge is -2.29. The highest BCUT2D eigenvalue weighted by Crippen LogP contribution is 2.16. The largest absolute Gasteiger partial charge is 0.395 e. The van der Waals surface area contributed by atoms with Gasteiger partial charge in [0.1, 0.15) is 0 Å². The first-order chi connectivity index (χ1) is 9.83. The second-order valence-corrected chi connectivity index (χ2v) is 6.06. The SMILES string of the molecule is CCC(CO)N(CCc1ccccc1)Cc1cccs1. The first-order valence-corrected chi connectivity index (χ1v) is 8.12. The van der Waals surface area contributed by atoms with Crippen LogP contribution in [0.15, 0.2) is 47.8 Å². The molecule has 2 rings (SSSR count). The van der Waals surface area contributed by atoms with E-state index in [4.69, 9.17) is 0 Å². The molecule has 108 valence electrons. The van der Waals surface area contributed by atoms with Gasteiger partial charge in [-0.3, -0.25) is 4.90 Å². The third-order valence-corrected chi connectivity index (χ3v) is 4.53. The molecule has 1 unspecified atom stereocenters. The van der Waals surface area contributed by atoms with E-state index < -0.39 is 0 Å². The summed E-state index contributed by atoms with van der Waals surface area (Å²) in [6.45, 7) is 4.30. The fourth-order valence-corrected chi connectivity index (χ4v) is 3.14. The van der Waals surface area contributed by atoms with Crippen molar-refractivity contribution in [3.05, 3.63) is 58.3 Å². The highest BCUT2D eigenvalue weighted by atomic mass is 32.1. The number of hydrogen-bond acceptors (Lipinski definition) is 3. The molecular weight excluding hydrogens is 266 g/mol. The normalized spacial score (nSPS) is 12.8. The fraction of sp³-hybridized carbons (Fsp3) is 0.412. The molecule has 3 heteroatoms. The van der Waals surface area contributed by atoms with E-state index in [0.29, 0.717) is 0 Å². The van der Waals surface area contributed by atoms with Crippen LogP contribution >= 0.6 is 11.3 Å². The monoisotopic (exact) mass is 289 g/mol. The number of nitrogens with zero attached hydrogens (tertiary/aromatic N) is 1. The third-order valence-electron chi connectivity index (χ3n) is 3.67. The zero-order chi connectivity index (χ0) is 14.2. The van der Waals surface area contributed by atoms with Crippen molar-refractivity contribution in [1.29, 1.82) is 0 Å². The van der Waals surface area contributed by atoms with E-state index in [0.717, 1.165) is 25.9 Å². The summed E-state index contributed by atoms with van der Waals surface area (Å²) < 4.78 is 0. The first-order valence-electron chi connectivity index (χ1n) is 7.24. The van der Waals surface area contributed by atoms with E-state index in [-0.39, 0.29) is 12.6 Å². The molecule has 0 aliphatic rings. The highest BCUT2D eigenvalue weighted by Gasteiger charge is 2.16. The second-order valence-electron chi connectivity index (χ2n) is 5.03. The first kappa shape index (κ1) is 15.2. The predicted molar refractivity (Wildman–Crippen MR) is 86.0 cm³/mol. The zero-order valence-electron chi connectivity index (χ0n) is 12.0. The average molecular weight is 289 g/mol. The Morgan fingerprint density at radius 1 is 1.15 bits per heavy atom. The average Bonchev–Trinajstić information content (AvgIpc) is 3.00. The molecular formula is C17H23NOS. The summed E-state index contributed by atoms with van der Waals surface area (Å²) in [6.07, 6.45) is 2.01. The van der Waals surface area contributed by atoms with Gasteiger partial charge in [-0.05, 0) is 29.9 Å². The lowest BCUT2D eigenvalue weighted by Crippen LogP contribution is -2.38. The van der Waals surface area contributed by atoms with Crippen molar-refractivity contribution < 1.29 is 5.11 Å². The minimum atomic E-state index is 0.233. The predicted octanol–water partition coefficient (Wildman–Crippen LogP) is 3.56. The topological polar surface area (TPSA) is 23.5 Å². The Kier molecular flexibility index (Phi) is 6.25. The minimum absolute atomic E-state index is 0.233. The summed E-state index contributed by atoms with van der Waals surface area (Å²) >= 11 is 1.79. The molecule has 0 spiro atoms. The summed E-state index contributed by atoms with van der Waals surface area (Å²) in [7, 11) is 0. The second kappa shape index (κ2) is 8.20. The zero-order valence-corrected chi connectivity index (χ0v) is 12.9. The number of hydrogen-bond donors (Lipinski definition) is 1. The Balaban J connectivity index is 1.98. The molecule has 2 aromatic rings. The summed E-state index contributed by atoms with van der Waals surface area (Å²) in [5.74, 6) is 0. The maximum atomic E-state index is 9.58. The molecule has 1 aromatic carbocycles. The molecule has 0 saturated carbocycles. The minimum Gasteiger partial charge on any atom is -0.395 e. The van der Waals surface area contributed by atoms with Gasteiger partial charge in [0.25, 0.3) is 0 Å². The van der Waals surface area contributed by atoms with Crippen LogP contribution in [0.1, 0.15) is 23.8 Å². The number of aliphatic hydroxyl groups excluding tert-OH is 1. The van der Waals surface area contributed by atoms with Crippen LogP contribution in [0.3, 0.4) is 0 Å². The Morgan fingerprint density at radius 3 is 2.55 bits per heavy atom. The van der Waals surface area contributed by atoms with Gasteiger partial charge in [-0.2, -0.15) is 0 Å². The quantitative estimate of drug-likeness (QED) is 0.803. The van der Waals surface area contributed by atoms with Crippen molar-refractivity contribution in [3.63, 3.8) is 0 Å². The van der Waals surface area contributed by atoms with Crippen LogP contribution in [0.4, 0.5) is 0 Å². The van der Waals surface area contributed by atoms with Crippen molar-refractivity contribution in [2.45, 2.75) is 32.4 Å². The summed E-state index contributed by atoms with van der Waals surface area (Å²) in [4.78, 5) is 3.77. The maximum Gasteiger partial charge on any atom is 0.0586 e. The number of rotatable bonds is 8. The van der Waals surface area contributed by atoms with Crippen LogP contribution in [0.2, 0.25) is 0 Å². The van der Waals surface area contributed by atoms with Crippen LogP contribution < -0.4 is 0 Å². The molecule has 1 aromatic heterocycles. The molecule has 0 fully saturated rings. The van der Waals surface area contributed by atoms with Crippen LogP contribution in [0, 0.1) is 0 Å². The number of thiophene rings is 1. The van der Waals surface area contributed by atoms with E-state index in [1.54, 1.807) is 11.3 Å². The summed E-state index contributed by atoms with van der Waals surface area (Å²) in [6, 6.07) is 15.1. The molecule has 0 aliphatic heterocycles. The molecule has 0 amide bonds. The van der Waals surface area contributed by atoms with E-state index in [1.165, 1.54) is 10.4 Å². The third kappa shape index (κ3) is 4.44. The van der Waals surface area contributed by atoms with Crippen molar-refractivity contribution in [2.24, 2.45) is 0 Å². The molecule has 2 nitrogen and oxygen atoms in total. The van der Waals surface area contributed by atoms with Gasteiger partial charge < -0.3 is 5.11 Å². The van der Waals surface area contributed by atoms with Crippen LogP contribution in [0.5, 0.6) is 0 Å². The van der Waals surface area contributed by atoms with E-state index in [1.807, 2.05) is 0 Å². The van der Waals surface area contributed by atoms with Crippen molar-refractivity contribution in [3.8, 4) is 0 Å². The molecule has 1 heterocycles. The van der Waals surface area contributed by atoms with Crippen LogP contribution in [-0.2, 0) is 13.0 Å². The molecule has 0 bridgehead atoms.